The molecule has 51 heavy (non-hydrogen) atoms. The van der Waals surface area contributed by atoms with Gasteiger partial charge in [-0.2, -0.15) is 31.3 Å². The lowest BCUT2D eigenvalue weighted by Crippen LogP contribution is -2.54. The molecule has 3 unspecified atom stereocenters. The number of benzene rings is 4. The van der Waals surface area contributed by atoms with Crippen LogP contribution in [-0.2, 0) is 20.7 Å². The fourth-order valence-corrected chi connectivity index (χ4v) is 7.30. The van der Waals surface area contributed by atoms with Gasteiger partial charge in [-0.3, -0.25) is 4.40 Å². The van der Waals surface area contributed by atoms with E-state index in [-0.39, 0.29) is 30.6 Å². The van der Waals surface area contributed by atoms with Gasteiger partial charge in [0.1, 0.15) is 12.1 Å². The molecule has 8 rings (SSSR count). The standard InChI is InChI=1S/C36H25BrClF6N5O2/c1-48(31-28-11-10-26(38)17-29(28)49-19-45-47-32(49)46-31)27-15-21(20-2-4-23(5-3-20)33(12-13-50-33)35(39,40)41)14-22(16-27)30-18-34(51-30,36(42,43)44)24-6-8-25(37)9-7-24/h2-11,14-17,19,30H,12-13,18H2,1H3. The van der Waals surface area contributed by atoms with Crippen LogP contribution in [0.2, 0.25) is 5.02 Å². The first-order chi connectivity index (χ1) is 24.2. The van der Waals surface area contributed by atoms with Crippen LogP contribution in [0.3, 0.4) is 0 Å². The van der Waals surface area contributed by atoms with E-state index in [4.69, 9.17) is 26.1 Å². The maximum Gasteiger partial charge on any atom is 0.421 e. The molecule has 4 heterocycles. The van der Waals surface area contributed by atoms with Gasteiger partial charge in [0.05, 0.1) is 18.2 Å². The van der Waals surface area contributed by atoms with Gasteiger partial charge in [0.25, 0.3) is 5.78 Å². The molecular weight excluding hydrogens is 764 g/mol. The molecule has 3 atom stereocenters. The van der Waals surface area contributed by atoms with Crippen molar-refractivity contribution in [3.63, 3.8) is 0 Å². The summed E-state index contributed by atoms with van der Waals surface area (Å²) < 4.78 is 99.2. The lowest BCUT2D eigenvalue weighted by Gasteiger charge is -2.49. The fraction of sp³-hybridized carbons (Fsp3) is 0.250. The summed E-state index contributed by atoms with van der Waals surface area (Å²) in [5, 5.41) is 9.25. The van der Waals surface area contributed by atoms with E-state index in [9.17, 15) is 26.3 Å². The predicted octanol–water partition coefficient (Wildman–Crippen LogP) is 10.2. The van der Waals surface area contributed by atoms with Crippen LogP contribution in [0.5, 0.6) is 0 Å². The molecule has 7 nitrogen and oxygen atoms in total. The van der Waals surface area contributed by atoms with E-state index in [1.54, 1.807) is 64.9 Å². The third kappa shape index (κ3) is 5.45. The Balaban J connectivity index is 1.23. The van der Waals surface area contributed by atoms with Crippen molar-refractivity contribution in [3.05, 3.63) is 117 Å². The van der Waals surface area contributed by atoms with Crippen LogP contribution in [0.4, 0.5) is 37.8 Å². The second kappa shape index (κ2) is 11.9. The first kappa shape index (κ1) is 33.9. The van der Waals surface area contributed by atoms with E-state index in [0.29, 0.717) is 54.4 Å². The van der Waals surface area contributed by atoms with Crippen molar-refractivity contribution < 1.29 is 35.8 Å². The molecular formula is C36H25BrClF6N5O2. The first-order valence-corrected chi connectivity index (χ1v) is 16.9. The molecule has 2 aliphatic heterocycles. The number of rotatable bonds is 6. The summed E-state index contributed by atoms with van der Waals surface area (Å²) in [5.41, 5.74) is -2.20. The SMILES string of the molecule is CN(c1cc(-c2ccc(C3(C(F)(F)F)CCO3)cc2)cc(C2CC(c3ccc(Br)cc3)(C(F)(F)F)O2)c1)c1nc2nncn2c2cc(Cl)ccc12. The molecule has 0 radical (unpaired) electrons. The van der Waals surface area contributed by atoms with Gasteiger partial charge in [-0.15, -0.1) is 10.2 Å². The quantitative estimate of drug-likeness (QED) is 0.157. The normalized spacial score (nSPS) is 22.2. The molecule has 2 saturated heterocycles. The molecule has 0 saturated carbocycles. The van der Waals surface area contributed by atoms with Crippen LogP contribution in [0.25, 0.3) is 27.8 Å². The van der Waals surface area contributed by atoms with E-state index in [0.717, 1.165) is 0 Å². The monoisotopic (exact) mass is 787 g/mol. The van der Waals surface area contributed by atoms with E-state index in [1.165, 1.54) is 42.7 Å². The number of fused-ring (bicyclic) bond motifs is 3. The van der Waals surface area contributed by atoms with Crippen LogP contribution >= 0.6 is 27.5 Å². The van der Waals surface area contributed by atoms with Gasteiger partial charge in [0, 0.05) is 40.5 Å². The largest absolute Gasteiger partial charge is 0.421 e. The highest BCUT2D eigenvalue weighted by Crippen LogP contribution is 2.59. The number of aromatic nitrogens is 4. The maximum absolute atomic E-state index is 14.7. The van der Waals surface area contributed by atoms with Gasteiger partial charge in [-0.25, -0.2) is 0 Å². The molecule has 2 fully saturated rings. The molecule has 262 valence electrons. The molecule has 0 aliphatic carbocycles. The zero-order valence-electron chi connectivity index (χ0n) is 26.4. The Labute approximate surface area is 299 Å². The van der Waals surface area contributed by atoms with Crippen LogP contribution in [-0.4, -0.2) is 45.6 Å². The Morgan fingerprint density at radius 2 is 1.51 bits per heavy atom. The van der Waals surface area contributed by atoms with Gasteiger partial charge in [0.2, 0.25) is 0 Å². The van der Waals surface area contributed by atoms with Crippen molar-refractivity contribution in [2.24, 2.45) is 0 Å². The summed E-state index contributed by atoms with van der Waals surface area (Å²) in [6.07, 6.45) is -9.34. The average Bonchev–Trinajstić information content (AvgIpc) is 3.52. The molecule has 2 aliphatic rings. The number of nitrogens with zero attached hydrogens (tertiary/aromatic N) is 5. The summed E-state index contributed by atoms with van der Waals surface area (Å²) in [4.78, 5) is 6.49. The Hall–Kier alpha value is -4.24. The van der Waals surface area contributed by atoms with E-state index in [2.05, 4.69) is 26.1 Å². The molecule has 0 bridgehead atoms. The number of alkyl halides is 6. The Bertz CT molecular complexity index is 2290. The molecule has 0 N–H and O–H groups in total. The maximum atomic E-state index is 14.7. The lowest BCUT2D eigenvalue weighted by molar-refractivity contribution is -0.362. The zero-order chi connectivity index (χ0) is 35.9. The number of halogens is 8. The highest BCUT2D eigenvalue weighted by atomic mass is 79.9. The highest BCUT2D eigenvalue weighted by molar-refractivity contribution is 9.10. The Morgan fingerprint density at radius 1 is 0.863 bits per heavy atom. The third-order valence-electron chi connectivity index (χ3n) is 9.74. The van der Waals surface area contributed by atoms with Gasteiger partial charge in [-0.05, 0) is 76.3 Å². The number of hydrogen-bond donors (Lipinski definition) is 0. The lowest BCUT2D eigenvalue weighted by atomic mass is 9.79. The molecule has 2 aromatic heterocycles. The van der Waals surface area contributed by atoms with Crippen molar-refractivity contribution in [1.29, 1.82) is 0 Å². The van der Waals surface area contributed by atoms with Gasteiger partial charge in [-0.1, -0.05) is 63.9 Å². The third-order valence-corrected chi connectivity index (χ3v) is 10.5. The van der Waals surface area contributed by atoms with E-state index < -0.39 is 29.7 Å². The summed E-state index contributed by atoms with van der Waals surface area (Å²) in [5.74, 6) is 0.756. The second-order valence-corrected chi connectivity index (χ2v) is 14.0. The van der Waals surface area contributed by atoms with E-state index >= 15 is 0 Å². The van der Waals surface area contributed by atoms with Crippen molar-refractivity contribution in [1.82, 2.24) is 19.6 Å². The number of hydrogen-bond acceptors (Lipinski definition) is 6. The minimum absolute atomic E-state index is 0.00437. The Morgan fingerprint density at radius 3 is 2.14 bits per heavy atom. The van der Waals surface area contributed by atoms with Crippen LogP contribution in [0.15, 0.2) is 95.7 Å². The summed E-state index contributed by atoms with van der Waals surface area (Å²) in [6.45, 7) is -0.00437. The van der Waals surface area contributed by atoms with Crippen LogP contribution < -0.4 is 4.90 Å². The molecule has 4 aromatic carbocycles. The smallest absolute Gasteiger partial charge is 0.361 e. The number of anilines is 2. The molecule has 15 heteroatoms. The molecule has 0 amide bonds. The minimum Gasteiger partial charge on any atom is -0.361 e. The summed E-state index contributed by atoms with van der Waals surface area (Å²) >= 11 is 9.60. The number of ether oxygens (including phenoxy) is 2. The summed E-state index contributed by atoms with van der Waals surface area (Å²) in [7, 11) is 1.75. The van der Waals surface area contributed by atoms with Crippen molar-refractivity contribution in [3.8, 4) is 11.1 Å². The first-order valence-electron chi connectivity index (χ1n) is 15.7. The van der Waals surface area contributed by atoms with Gasteiger partial charge >= 0.3 is 12.4 Å². The van der Waals surface area contributed by atoms with Crippen LogP contribution in [0, 0.1) is 0 Å². The van der Waals surface area contributed by atoms with Crippen molar-refractivity contribution >= 4 is 55.7 Å². The van der Waals surface area contributed by atoms with Crippen LogP contribution in [0.1, 0.15) is 35.6 Å². The summed E-state index contributed by atoms with van der Waals surface area (Å²) in [6, 6.07) is 22.1. The zero-order valence-corrected chi connectivity index (χ0v) is 28.8. The second-order valence-electron chi connectivity index (χ2n) is 12.6. The average molecular weight is 789 g/mol. The van der Waals surface area contributed by atoms with Gasteiger partial charge in [0.15, 0.2) is 11.2 Å². The van der Waals surface area contributed by atoms with Gasteiger partial charge < -0.3 is 14.4 Å². The minimum atomic E-state index is -4.71. The topological polar surface area (TPSA) is 64.8 Å². The molecule has 0 spiro atoms. The highest BCUT2D eigenvalue weighted by Gasteiger charge is 2.65. The predicted molar refractivity (Wildman–Crippen MR) is 182 cm³/mol. The van der Waals surface area contributed by atoms with E-state index in [1.807, 2.05) is 0 Å². The fourth-order valence-electron chi connectivity index (χ4n) is 6.87. The molecule has 6 aromatic rings. The van der Waals surface area contributed by atoms with Crippen molar-refractivity contribution in [2.45, 2.75) is 42.5 Å². The van der Waals surface area contributed by atoms with Crippen molar-refractivity contribution in [2.75, 3.05) is 18.6 Å². The Kier molecular flexibility index (Phi) is 7.91.